The van der Waals surface area contributed by atoms with Gasteiger partial charge in [0.05, 0.1) is 6.61 Å². The van der Waals surface area contributed by atoms with Crippen LogP contribution in [0.15, 0.2) is 72.8 Å². The van der Waals surface area contributed by atoms with Gasteiger partial charge in [0.2, 0.25) is 0 Å². The third-order valence-electron chi connectivity index (χ3n) is 3.82. The molecule has 0 amide bonds. The number of carbonyl (C=O) groups excluding carboxylic acids is 1. The quantitative estimate of drug-likeness (QED) is 0.264. The Morgan fingerprint density at radius 2 is 1.50 bits per heavy atom. The summed E-state index contributed by atoms with van der Waals surface area (Å²) in [6, 6.07) is 16.5. The summed E-state index contributed by atoms with van der Waals surface area (Å²) in [5.41, 5.74) is 4.97. The van der Waals surface area contributed by atoms with Crippen molar-refractivity contribution in [1.29, 1.82) is 0 Å². The molecule has 136 valence electrons. The van der Waals surface area contributed by atoms with Crippen LogP contribution in [-0.4, -0.2) is 19.2 Å². The Morgan fingerprint density at radius 3 is 2.04 bits per heavy atom. The van der Waals surface area contributed by atoms with Gasteiger partial charge in [-0.25, -0.2) is 4.79 Å². The lowest BCUT2D eigenvalue weighted by atomic mass is 10.0. The summed E-state index contributed by atoms with van der Waals surface area (Å²) in [6.07, 6.45) is 1.67. The van der Waals surface area contributed by atoms with Crippen LogP contribution in [0.25, 0.3) is 11.1 Å². The van der Waals surface area contributed by atoms with E-state index in [2.05, 4.69) is 49.6 Å². The van der Waals surface area contributed by atoms with Crippen molar-refractivity contribution in [3.8, 4) is 16.9 Å². The van der Waals surface area contributed by atoms with Crippen molar-refractivity contribution in [2.24, 2.45) is 0 Å². The van der Waals surface area contributed by atoms with Crippen LogP contribution in [0.1, 0.15) is 25.8 Å². The molecule has 2 rings (SSSR count). The zero-order valence-corrected chi connectivity index (χ0v) is 15.6. The number of esters is 1. The highest BCUT2D eigenvalue weighted by molar-refractivity contribution is 5.86. The first kappa shape index (κ1) is 19.5. The summed E-state index contributed by atoms with van der Waals surface area (Å²) in [4.78, 5) is 11.3. The molecule has 0 saturated heterocycles. The monoisotopic (exact) mass is 350 g/mol. The molecule has 2 aromatic carbocycles. The van der Waals surface area contributed by atoms with E-state index in [1.54, 1.807) is 6.92 Å². The van der Waals surface area contributed by atoms with Crippen LogP contribution in [0.4, 0.5) is 0 Å². The molecule has 0 heterocycles. The molecule has 2 aromatic rings. The Morgan fingerprint density at radius 1 is 0.923 bits per heavy atom. The van der Waals surface area contributed by atoms with Gasteiger partial charge in [-0.2, -0.15) is 0 Å². The van der Waals surface area contributed by atoms with Gasteiger partial charge < -0.3 is 9.47 Å². The molecule has 26 heavy (non-hydrogen) atoms. The first-order valence-corrected chi connectivity index (χ1v) is 8.75. The lowest BCUT2D eigenvalue weighted by molar-refractivity contribution is -0.139. The predicted octanol–water partition coefficient (Wildman–Crippen LogP) is 5.36. The van der Waals surface area contributed by atoms with Crippen molar-refractivity contribution < 1.29 is 14.3 Å². The summed E-state index contributed by atoms with van der Waals surface area (Å²) in [6.45, 7) is 12.0. The number of hydrogen-bond donors (Lipinski definition) is 0. The maximum atomic E-state index is 11.3. The van der Waals surface area contributed by atoms with Crippen molar-refractivity contribution in [3.63, 3.8) is 0 Å². The fourth-order valence-electron chi connectivity index (χ4n) is 2.38. The van der Waals surface area contributed by atoms with Crippen LogP contribution in [-0.2, 0) is 16.0 Å². The predicted molar refractivity (Wildman–Crippen MR) is 106 cm³/mol. The van der Waals surface area contributed by atoms with Crippen molar-refractivity contribution in [1.82, 2.24) is 0 Å². The summed E-state index contributed by atoms with van der Waals surface area (Å²) in [5.74, 6) is 0.522. The highest BCUT2D eigenvalue weighted by Crippen LogP contribution is 2.23. The molecule has 3 heteroatoms. The van der Waals surface area contributed by atoms with Crippen LogP contribution < -0.4 is 4.74 Å². The molecule has 0 N–H and O–H groups in total. The molecular formula is C23H26O3. The van der Waals surface area contributed by atoms with Crippen LogP contribution >= 0.6 is 0 Å². The SMILES string of the molecule is C=C(C)COc1ccc(-c2ccc(CCCOC(=O)C(=C)C)cc2)cc1. The van der Waals surface area contributed by atoms with E-state index in [0.29, 0.717) is 18.8 Å². The standard InChI is InChI=1S/C23H26O3/c1-17(2)16-26-22-13-11-21(12-14-22)20-9-7-19(8-10-20)6-5-15-25-23(24)18(3)4/h7-14H,1,3,5-6,15-16H2,2,4H3. The minimum absolute atomic E-state index is 0.323. The fraction of sp³-hybridized carbons (Fsp3) is 0.261. The molecule has 0 radical (unpaired) electrons. The number of hydrogen-bond acceptors (Lipinski definition) is 3. The average molecular weight is 350 g/mol. The Bertz CT molecular complexity index is 755. The largest absolute Gasteiger partial charge is 0.489 e. The van der Waals surface area contributed by atoms with Gasteiger partial charge in [-0.15, -0.1) is 0 Å². The minimum Gasteiger partial charge on any atom is -0.489 e. The lowest BCUT2D eigenvalue weighted by Gasteiger charge is -2.08. The zero-order chi connectivity index (χ0) is 18.9. The maximum Gasteiger partial charge on any atom is 0.333 e. The van der Waals surface area contributed by atoms with Crippen LogP contribution in [0.5, 0.6) is 5.75 Å². The lowest BCUT2D eigenvalue weighted by Crippen LogP contribution is -2.06. The topological polar surface area (TPSA) is 35.5 Å². The molecule has 0 aliphatic rings. The van der Waals surface area contributed by atoms with E-state index in [9.17, 15) is 4.79 Å². The summed E-state index contributed by atoms with van der Waals surface area (Å²) in [7, 11) is 0. The van der Waals surface area contributed by atoms with E-state index in [4.69, 9.17) is 9.47 Å². The molecule has 0 spiro atoms. The van der Waals surface area contributed by atoms with Gasteiger partial charge in [0.25, 0.3) is 0 Å². The van der Waals surface area contributed by atoms with Gasteiger partial charge in [0, 0.05) is 5.57 Å². The van der Waals surface area contributed by atoms with E-state index in [1.807, 2.05) is 19.1 Å². The number of aryl methyl sites for hydroxylation is 1. The van der Waals surface area contributed by atoms with Crippen molar-refractivity contribution >= 4 is 5.97 Å². The molecule has 3 nitrogen and oxygen atoms in total. The van der Waals surface area contributed by atoms with Crippen molar-refractivity contribution in [2.45, 2.75) is 26.7 Å². The Kier molecular flexibility index (Phi) is 7.22. The van der Waals surface area contributed by atoms with Gasteiger partial charge in [-0.3, -0.25) is 0 Å². The Hall–Kier alpha value is -2.81. The van der Waals surface area contributed by atoms with E-state index in [0.717, 1.165) is 35.3 Å². The van der Waals surface area contributed by atoms with Gasteiger partial charge in [-0.1, -0.05) is 49.6 Å². The van der Waals surface area contributed by atoms with Gasteiger partial charge in [0.15, 0.2) is 0 Å². The van der Waals surface area contributed by atoms with Gasteiger partial charge in [-0.05, 0) is 61.1 Å². The van der Waals surface area contributed by atoms with E-state index >= 15 is 0 Å². The third kappa shape index (κ3) is 6.25. The van der Waals surface area contributed by atoms with Gasteiger partial charge >= 0.3 is 5.97 Å². The zero-order valence-electron chi connectivity index (χ0n) is 15.6. The first-order valence-electron chi connectivity index (χ1n) is 8.75. The van der Waals surface area contributed by atoms with E-state index < -0.39 is 0 Å². The van der Waals surface area contributed by atoms with Gasteiger partial charge in [0.1, 0.15) is 12.4 Å². The second kappa shape index (κ2) is 9.62. The second-order valence-corrected chi connectivity index (χ2v) is 6.49. The van der Waals surface area contributed by atoms with Crippen molar-refractivity contribution in [2.75, 3.05) is 13.2 Å². The molecule has 0 aromatic heterocycles. The molecule has 0 aliphatic heterocycles. The number of benzene rings is 2. The van der Waals surface area contributed by atoms with Crippen LogP contribution in [0.2, 0.25) is 0 Å². The highest BCUT2D eigenvalue weighted by atomic mass is 16.5. The first-order chi connectivity index (χ1) is 12.5. The highest BCUT2D eigenvalue weighted by Gasteiger charge is 2.03. The average Bonchev–Trinajstić information content (AvgIpc) is 2.64. The normalized spacial score (nSPS) is 10.2. The van der Waals surface area contributed by atoms with Crippen LogP contribution in [0.3, 0.4) is 0 Å². The molecule has 0 bridgehead atoms. The molecule has 0 unspecified atom stereocenters. The maximum absolute atomic E-state index is 11.3. The minimum atomic E-state index is -0.323. The molecule has 0 fully saturated rings. The molecule has 0 atom stereocenters. The third-order valence-corrected chi connectivity index (χ3v) is 3.82. The van der Waals surface area contributed by atoms with E-state index in [1.165, 1.54) is 5.56 Å². The Balaban J connectivity index is 1.85. The Labute approximate surface area is 156 Å². The number of rotatable bonds is 9. The molecule has 0 aliphatic carbocycles. The summed E-state index contributed by atoms with van der Waals surface area (Å²) < 4.78 is 10.7. The molecule has 0 saturated carbocycles. The van der Waals surface area contributed by atoms with Crippen LogP contribution in [0, 0.1) is 0 Å². The fourth-order valence-corrected chi connectivity index (χ4v) is 2.38. The van der Waals surface area contributed by atoms with E-state index in [-0.39, 0.29) is 5.97 Å². The molecular weight excluding hydrogens is 324 g/mol. The second-order valence-electron chi connectivity index (χ2n) is 6.49. The number of carbonyl (C=O) groups is 1. The summed E-state index contributed by atoms with van der Waals surface area (Å²) >= 11 is 0. The smallest absolute Gasteiger partial charge is 0.333 e. The van der Waals surface area contributed by atoms with Crippen molar-refractivity contribution in [3.05, 3.63) is 78.4 Å². The summed E-state index contributed by atoms with van der Waals surface area (Å²) in [5, 5.41) is 0. The number of ether oxygens (including phenoxy) is 2.